The highest BCUT2D eigenvalue weighted by molar-refractivity contribution is 5.83. The monoisotopic (exact) mass is 313 g/mol. The molecule has 2 rings (SSSR count). The fourth-order valence-corrected chi connectivity index (χ4v) is 2.44. The zero-order valence-electron chi connectivity index (χ0n) is 14.1. The lowest BCUT2D eigenvalue weighted by molar-refractivity contribution is 0.143. The molecule has 4 nitrogen and oxygen atoms in total. The van der Waals surface area contributed by atoms with Crippen molar-refractivity contribution < 1.29 is 4.74 Å². The molecule has 0 radical (unpaired) electrons. The minimum Gasteiger partial charge on any atom is -0.382 e. The highest BCUT2D eigenvalue weighted by Crippen LogP contribution is 2.15. The number of rotatable bonds is 8. The number of unbranched alkanes of at least 4 members (excludes halogenated alkanes) is 1. The second-order valence-corrected chi connectivity index (χ2v) is 5.44. The van der Waals surface area contributed by atoms with E-state index in [4.69, 9.17) is 4.74 Å². The van der Waals surface area contributed by atoms with Gasteiger partial charge in [0.25, 0.3) is 0 Å². The Morgan fingerprint density at radius 3 is 2.65 bits per heavy atom. The van der Waals surface area contributed by atoms with Crippen LogP contribution in [0, 0.1) is 0 Å². The van der Waals surface area contributed by atoms with Crippen molar-refractivity contribution in [1.29, 1.82) is 0 Å². The van der Waals surface area contributed by atoms with Gasteiger partial charge in [0.1, 0.15) is 0 Å². The molecule has 4 heteroatoms. The first-order chi connectivity index (χ1) is 11.3. The quantitative estimate of drug-likeness (QED) is 0.446. The Balaban J connectivity index is 1.76. The molecule has 0 fully saturated rings. The molecule has 2 N–H and O–H groups in total. The average molecular weight is 313 g/mol. The standard InChI is InChI=1S/C19H27N3O/c1-3-23-13-7-6-12-21-19(20-2)22-15-16-10-11-17-8-4-5-9-18(17)14-16/h4-5,8-11,14H,3,6-7,12-13,15H2,1-2H3,(H2,20,21,22). The van der Waals surface area contributed by atoms with Crippen LogP contribution in [0.4, 0.5) is 0 Å². The molecule has 0 aromatic heterocycles. The lowest BCUT2D eigenvalue weighted by atomic mass is 10.1. The van der Waals surface area contributed by atoms with Crippen molar-refractivity contribution in [2.75, 3.05) is 26.8 Å². The zero-order valence-corrected chi connectivity index (χ0v) is 14.1. The van der Waals surface area contributed by atoms with Gasteiger partial charge in [-0.05, 0) is 42.2 Å². The summed E-state index contributed by atoms with van der Waals surface area (Å²) in [5.41, 5.74) is 1.25. The number of ether oxygens (including phenoxy) is 1. The molecule has 0 aliphatic heterocycles. The molecule has 0 heterocycles. The van der Waals surface area contributed by atoms with Gasteiger partial charge in [-0.3, -0.25) is 4.99 Å². The van der Waals surface area contributed by atoms with Crippen molar-refractivity contribution in [2.45, 2.75) is 26.3 Å². The minimum atomic E-state index is 0.767. The van der Waals surface area contributed by atoms with Crippen molar-refractivity contribution in [3.8, 4) is 0 Å². The summed E-state index contributed by atoms with van der Waals surface area (Å²) < 4.78 is 5.33. The molecule has 0 amide bonds. The van der Waals surface area contributed by atoms with Crippen molar-refractivity contribution in [3.05, 3.63) is 48.0 Å². The van der Waals surface area contributed by atoms with Crippen molar-refractivity contribution in [1.82, 2.24) is 10.6 Å². The summed E-state index contributed by atoms with van der Waals surface area (Å²) in [5.74, 6) is 0.842. The molecular formula is C19H27N3O. The first kappa shape index (κ1) is 17.3. The molecule has 0 atom stereocenters. The molecule has 2 aromatic carbocycles. The van der Waals surface area contributed by atoms with Crippen LogP contribution in [0.2, 0.25) is 0 Å². The Kier molecular flexibility index (Phi) is 7.40. The number of fused-ring (bicyclic) bond motifs is 1. The maximum Gasteiger partial charge on any atom is 0.191 e. The topological polar surface area (TPSA) is 45.6 Å². The van der Waals surface area contributed by atoms with Crippen LogP contribution in [0.1, 0.15) is 25.3 Å². The molecule has 0 saturated heterocycles. The van der Waals surface area contributed by atoms with E-state index >= 15 is 0 Å². The fourth-order valence-electron chi connectivity index (χ4n) is 2.44. The van der Waals surface area contributed by atoms with E-state index in [9.17, 15) is 0 Å². The van der Waals surface area contributed by atoms with Gasteiger partial charge in [-0.15, -0.1) is 0 Å². The summed E-state index contributed by atoms with van der Waals surface area (Å²) in [6.07, 6.45) is 2.15. The molecule has 0 saturated carbocycles. The largest absolute Gasteiger partial charge is 0.382 e. The summed E-state index contributed by atoms with van der Waals surface area (Å²) in [4.78, 5) is 4.26. The molecule has 0 aliphatic rings. The van der Waals surface area contributed by atoms with Crippen LogP contribution in [-0.4, -0.2) is 32.8 Å². The van der Waals surface area contributed by atoms with Crippen LogP contribution in [-0.2, 0) is 11.3 Å². The minimum absolute atomic E-state index is 0.767. The lowest BCUT2D eigenvalue weighted by Crippen LogP contribution is -2.37. The molecule has 0 bridgehead atoms. The maximum absolute atomic E-state index is 5.33. The lowest BCUT2D eigenvalue weighted by Gasteiger charge is -2.12. The van der Waals surface area contributed by atoms with E-state index in [-0.39, 0.29) is 0 Å². The van der Waals surface area contributed by atoms with Crippen LogP contribution in [0.5, 0.6) is 0 Å². The molecule has 0 unspecified atom stereocenters. The van der Waals surface area contributed by atoms with Crippen LogP contribution in [0.15, 0.2) is 47.5 Å². The molecule has 2 aromatic rings. The molecular weight excluding hydrogens is 286 g/mol. The molecule has 0 aliphatic carbocycles. The van der Waals surface area contributed by atoms with E-state index in [1.54, 1.807) is 7.05 Å². The highest BCUT2D eigenvalue weighted by Gasteiger charge is 1.99. The second-order valence-electron chi connectivity index (χ2n) is 5.44. The fraction of sp³-hybridized carbons (Fsp3) is 0.421. The van der Waals surface area contributed by atoms with Crippen LogP contribution in [0.3, 0.4) is 0 Å². The Bertz CT molecular complexity index is 625. The SMILES string of the molecule is CCOCCCCNC(=NC)NCc1ccc2ccccc2c1. The second kappa shape index (κ2) is 9.85. The number of hydrogen-bond acceptors (Lipinski definition) is 2. The van der Waals surface area contributed by atoms with Gasteiger partial charge in [-0.1, -0.05) is 36.4 Å². The predicted octanol–water partition coefficient (Wildman–Crippen LogP) is 3.32. The molecule has 23 heavy (non-hydrogen) atoms. The highest BCUT2D eigenvalue weighted by atomic mass is 16.5. The Labute approximate surface area is 139 Å². The van der Waals surface area contributed by atoms with Crippen molar-refractivity contribution in [2.24, 2.45) is 4.99 Å². The van der Waals surface area contributed by atoms with E-state index in [1.807, 2.05) is 6.92 Å². The van der Waals surface area contributed by atoms with Crippen LogP contribution < -0.4 is 10.6 Å². The number of guanidine groups is 1. The summed E-state index contributed by atoms with van der Waals surface area (Å²) in [6, 6.07) is 15.0. The van der Waals surface area contributed by atoms with Crippen molar-refractivity contribution >= 4 is 16.7 Å². The molecule has 124 valence electrons. The summed E-state index contributed by atoms with van der Waals surface area (Å²) in [6.45, 7) is 5.33. The Hall–Kier alpha value is -2.07. The third kappa shape index (κ3) is 5.91. The van der Waals surface area contributed by atoms with Gasteiger partial charge in [0.05, 0.1) is 0 Å². The van der Waals surface area contributed by atoms with Crippen LogP contribution >= 0.6 is 0 Å². The van der Waals surface area contributed by atoms with E-state index < -0.39 is 0 Å². The normalized spacial score (nSPS) is 11.7. The first-order valence-electron chi connectivity index (χ1n) is 8.33. The van der Waals surface area contributed by atoms with E-state index in [0.29, 0.717) is 0 Å². The summed E-state index contributed by atoms with van der Waals surface area (Å²) >= 11 is 0. The third-order valence-corrected chi connectivity index (χ3v) is 3.71. The van der Waals surface area contributed by atoms with Gasteiger partial charge < -0.3 is 15.4 Å². The van der Waals surface area contributed by atoms with E-state index in [2.05, 4.69) is 58.1 Å². The van der Waals surface area contributed by atoms with Gasteiger partial charge in [-0.25, -0.2) is 0 Å². The average Bonchev–Trinajstić information content (AvgIpc) is 2.60. The maximum atomic E-state index is 5.33. The third-order valence-electron chi connectivity index (χ3n) is 3.71. The summed E-state index contributed by atoms with van der Waals surface area (Å²) in [7, 11) is 1.80. The number of benzene rings is 2. The smallest absolute Gasteiger partial charge is 0.191 e. The number of hydrogen-bond donors (Lipinski definition) is 2. The Morgan fingerprint density at radius 1 is 1.04 bits per heavy atom. The van der Waals surface area contributed by atoms with E-state index in [0.717, 1.165) is 45.1 Å². The number of nitrogens with zero attached hydrogens (tertiary/aromatic N) is 1. The van der Waals surface area contributed by atoms with Crippen LogP contribution in [0.25, 0.3) is 10.8 Å². The van der Waals surface area contributed by atoms with Gasteiger partial charge in [-0.2, -0.15) is 0 Å². The predicted molar refractivity (Wildman–Crippen MR) is 97.9 cm³/mol. The van der Waals surface area contributed by atoms with Gasteiger partial charge in [0, 0.05) is 33.4 Å². The first-order valence-corrected chi connectivity index (χ1v) is 8.33. The van der Waals surface area contributed by atoms with Gasteiger partial charge in [0.2, 0.25) is 0 Å². The zero-order chi connectivity index (χ0) is 16.3. The van der Waals surface area contributed by atoms with Crippen molar-refractivity contribution in [3.63, 3.8) is 0 Å². The van der Waals surface area contributed by atoms with Gasteiger partial charge >= 0.3 is 0 Å². The number of nitrogens with one attached hydrogen (secondary N) is 2. The number of aliphatic imine (C=N–C) groups is 1. The van der Waals surface area contributed by atoms with E-state index in [1.165, 1.54) is 16.3 Å². The summed E-state index contributed by atoms with van der Waals surface area (Å²) in [5, 5.41) is 9.24. The molecule has 0 spiro atoms. The van der Waals surface area contributed by atoms with Gasteiger partial charge in [0.15, 0.2) is 5.96 Å². The Morgan fingerprint density at radius 2 is 1.87 bits per heavy atom.